The molecule has 1 amide bonds. The zero-order chi connectivity index (χ0) is 10.7. The molecule has 0 saturated carbocycles. The Kier molecular flexibility index (Phi) is 3.20. The molecule has 0 aromatic carbocycles. The summed E-state index contributed by atoms with van der Waals surface area (Å²) in [6.45, 7) is 1.47. The highest BCUT2D eigenvalue weighted by molar-refractivity contribution is 7.81. The molecule has 0 radical (unpaired) electrons. The number of likely N-dealkylation sites (tertiary alicyclic amines) is 1. The highest BCUT2D eigenvalue weighted by atomic mass is 32.1. The average molecular weight is 223 g/mol. The quantitative estimate of drug-likeness (QED) is 0.761. The first-order chi connectivity index (χ1) is 7.25. The number of hydrogen-bond acceptors (Lipinski definition) is 4. The van der Waals surface area contributed by atoms with E-state index in [-0.39, 0.29) is 11.2 Å². The van der Waals surface area contributed by atoms with Crippen molar-refractivity contribution >= 4 is 18.5 Å². The third-order valence-electron chi connectivity index (χ3n) is 2.45. The summed E-state index contributed by atoms with van der Waals surface area (Å²) in [5.74, 6) is 0.193. The Labute approximate surface area is 94.1 Å². The van der Waals surface area contributed by atoms with Crippen molar-refractivity contribution in [1.29, 1.82) is 0 Å². The minimum absolute atomic E-state index is 0.193. The van der Waals surface area contributed by atoms with E-state index in [1.807, 2.05) is 4.90 Å². The van der Waals surface area contributed by atoms with Gasteiger partial charge in [-0.25, -0.2) is 0 Å². The van der Waals surface area contributed by atoms with Crippen molar-refractivity contribution in [2.45, 2.75) is 18.1 Å². The molecule has 1 saturated heterocycles. The number of nitrogens with zero attached hydrogens (tertiary/aromatic N) is 3. The molecule has 80 valence electrons. The van der Waals surface area contributed by atoms with Gasteiger partial charge in [-0.15, -0.1) is 0 Å². The van der Waals surface area contributed by atoms with E-state index in [4.69, 9.17) is 0 Å². The molecule has 0 bridgehead atoms. The van der Waals surface area contributed by atoms with Crippen LogP contribution in [0.15, 0.2) is 18.6 Å². The number of thiol groups is 1. The summed E-state index contributed by atoms with van der Waals surface area (Å²) >= 11 is 4.30. The lowest BCUT2D eigenvalue weighted by molar-refractivity contribution is -0.127. The summed E-state index contributed by atoms with van der Waals surface area (Å²) in [6.07, 6.45) is 6.37. The van der Waals surface area contributed by atoms with Gasteiger partial charge in [0.15, 0.2) is 0 Å². The second kappa shape index (κ2) is 4.61. The van der Waals surface area contributed by atoms with Crippen molar-refractivity contribution in [2.24, 2.45) is 0 Å². The van der Waals surface area contributed by atoms with Gasteiger partial charge in [-0.05, 0) is 0 Å². The first-order valence-electron chi connectivity index (χ1n) is 4.96. The maximum absolute atomic E-state index is 11.4. The van der Waals surface area contributed by atoms with Crippen LogP contribution in [0.3, 0.4) is 0 Å². The first kappa shape index (κ1) is 10.4. The fourth-order valence-corrected chi connectivity index (χ4v) is 2.03. The fourth-order valence-electron chi connectivity index (χ4n) is 1.68. The van der Waals surface area contributed by atoms with Gasteiger partial charge < -0.3 is 4.90 Å². The molecule has 2 rings (SSSR count). The van der Waals surface area contributed by atoms with E-state index < -0.39 is 0 Å². The Bertz CT molecular complexity index is 344. The van der Waals surface area contributed by atoms with Gasteiger partial charge in [0, 0.05) is 49.8 Å². The summed E-state index contributed by atoms with van der Waals surface area (Å²) in [7, 11) is 0. The summed E-state index contributed by atoms with van der Waals surface area (Å²) < 4.78 is 0. The van der Waals surface area contributed by atoms with Gasteiger partial charge in [0.25, 0.3) is 0 Å². The van der Waals surface area contributed by atoms with Crippen LogP contribution in [0, 0.1) is 0 Å². The number of aromatic nitrogens is 2. The third-order valence-corrected chi connectivity index (χ3v) is 2.79. The van der Waals surface area contributed by atoms with E-state index in [0.29, 0.717) is 13.0 Å². The Balaban J connectivity index is 1.86. The summed E-state index contributed by atoms with van der Waals surface area (Å²) in [6, 6.07) is 0. The van der Waals surface area contributed by atoms with Crippen LogP contribution < -0.4 is 0 Å². The van der Waals surface area contributed by atoms with Crippen LogP contribution in [0.4, 0.5) is 0 Å². The molecule has 0 spiro atoms. The topological polar surface area (TPSA) is 46.1 Å². The predicted molar refractivity (Wildman–Crippen MR) is 59.7 cm³/mol. The zero-order valence-corrected chi connectivity index (χ0v) is 9.23. The Morgan fingerprint density at radius 2 is 2.40 bits per heavy atom. The number of carbonyl (C=O) groups is 1. The number of hydrogen-bond donors (Lipinski definition) is 1. The zero-order valence-electron chi connectivity index (χ0n) is 8.33. The standard InChI is InChI=1S/C10H13N3OS/c14-10-5-9(15)7-13(10)4-1-8-6-11-2-3-12-8/h2-3,6,9,15H,1,4-5,7H2. The molecule has 1 aromatic heterocycles. The van der Waals surface area contributed by atoms with E-state index in [9.17, 15) is 4.79 Å². The molecule has 15 heavy (non-hydrogen) atoms. The lowest BCUT2D eigenvalue weighted by Gasteiger charge is -2.14. The van der Waals surface area contributed by atoms with Crippen LogP contribution in [0.2, 0.25) is 0 Å². The predicted octanol–water partition coefficient (Wildman–Crippen LogP) is 0.550. The lowest BCUT2D eigenvalue weighted by atomic mass is 10.3. The highest BCUT2D eigenvalue weighted by Crippen LogP contribution is 2.15. The summed E-state index contributed by atoms with van der Waals surface area (Å²) in [4.78, 5) is 21.4. The minimum atomic E-state index is 0.193. The Morgan fingerprint density at radius 3 is 3.00 bits per heavy atom. The van der Waals surface area contributed by atoms with Gasteiger partial charge in [0.2, 0.25) is 5.91 Å². The van der Waals surface area contributed by atoms with E-state index in [1.54, 1.807) is 18.6 Å². The molecule has 4 nitrogen and oxygen atoms in total. The lowest BCUT2D eigenvalue weighted by Crippen LogP contribution is -2.27. The van der Waals surface area contributed by atoms with Crippen LogP contribution in [-0.4, -0.2) is 39.1 Å². The fraction of sp³-hybridized carbons (Fsp3) is 0.500. The van der Waals surface area contributed by atoms with Gasteiger partial charge in [0.1, 0.15) is 0 Å². The van der Waals surface area contributed by atoms with E-state index in [0.717, 1.165) is 18.7 Å². The van der Waals surface area contributed by atoms with Crippen LogP contribution >= 0.6 is 12.6 Å². The molecule has 1 unspecified atom stereocenters. The van der Waals surface area contributed by atoms with Crippen molar-refractivity contribution in [2.75, 3.05) is 13.1 Å². The summed E-state index contributed by atoms with van der Waals surface area (Å²) in [5, 5.41) is 0.194. The molecular weight excluding hydrogens is 210 g/mol. The molecule has 1 aliphatic rings. The SMILES string of the molecule is O=C1CC(S)CN1CCc1cnccn1. The number of rotatable bonds is 3. The van der Waals surface area contributed by atoms with Gasteiger partial charge in [-0.3, -0.25) is 14.8 Å². The molecule has 1 aliphatic heterocycles. The first-order valence-corrected chi connectivity index (χ1v) is 5.48. The molecule has 0 aliphatic carbocycles. The Hall–Kier alpha value is -1.10. The molecule has 1 aromatic rings. The molecule has 2 heterocycles. The van der Waals surface area contributed by atoms with Crippen LogP contribution in [0.5, 0.6) is 0 Å². The number of amides is 1. The normalized spacial score (nSPS) is 21.0. The van der Waals surface area contributed by atoms with Gasteiger partial charge >= 0.3 is 0 Å². The van der Waals surface area contributed by atoms with Crippen molar-refractivity contribution in [3.05, 3.63) is 24.3 Å². The van der Waals surface area contributed by atoms with Crippen LogP contribution in [0.1, 0.15) is 12.1 Å². The highest BCUT2D eigenvalue weighted by Gasteiger charge is 2.26. The monoisotopic (exact) mass is 223 g/mol. The van der Waals surface area contributed by atoms with E-state index in [1.165, 1.54) is 0 Å². The van der Waals surface area contributed by atoms with E-state index in [2.05, 4.69) is 22.6 Å². The Morgan fingerprint density at radius 1 is 1.53 bits per heavy atom. The van der Waals surface area contributed by atoms with E-state index >= 15 is 0 Å². The molecular formula is C10H13N3OS. The molecule has 1 atom stereocenters. The maximum Gasteiger partial charge on any atom is 0.223 e. The van der Waals surface area contributed by atoms with Crippen molar-refractivity contribution in [3.8, 4) is 0 Å². The van der Waals surface area contributed by atoms with Crippen molar-refractivity contribution in [1.82, 2.24) is 14.9 Å². The van der Waals surface area contributed by atoms with Gasteiger partial charge in [-0.1, -0.05) is 0 Å². The van der Waals surface area contributed by atoms with Gasteiger partial charge in [-0.2, -0.15) is 12.6 Å². The van der Waals surface area contributed by atoms with Crippen LogP contribution in [0.25, 0.3) is 0 Å². The molecule has 5 heteroatoms. The molecule has 0 N–H and O–H groups in total. The summed E-state index contributed by atoms with van der Waals surface area (Å²) in [5.41, 5.74) is 0.924. The largest absolute Gasteiger partial charge is 0.341 e. The van der Waals surface area contributed by atoms with Crippen LogP contribution in [-0.2, 0) is 11.2 Å². The number of carbonyl (C=O) groups excluding carboxylic acids is 1. The second-order valence-corrected chi connectivity index (χ2v) is 4.37. The second-order valence-electron chi connectivity index (χ2n) is 3.64. The molecule has 1 fully saturated rings. The smallest absolute Gasteiger partial charge is 0.223 e. The third kappa shape index (κ3) is 2.68. The van der Waals surface area contributed by atoms with Crippen molar-refractivity contribution < 1.29 is 4.79 Å². The maximum atomic E-state index is 11.4. The van der Waals surface area contributed by atoms with Gasteiger partial charge in [0.05, 0.1) is 5.69 Å². The minimum Gasteiger partial charge on any atom is -0.341 e. The van der Waals surface area contributed by atoms with Crippen molar-refractivity contribution in [3.63, 3.8) is 0 Å². The average Bonchev–Trinajstić information content (AvgIpc) is 2.56.